The van der Waals surface area contributed by atoms with Crippen LogP contribution in [0.2, 0.25) is 0 Å². The molecule has 0 aromatic carbocycles. The van der Waals surface area contributed by atoms with E-state index in [4.69, 9.17) is 5.73 Å². The van der Waals surface area contributed by atoms with Crippen LogP contribution >= 0.6 is 0 Å². The number of nitrogens with two attached hydrogens (primary N) is 1. The molecule has 1 rings (SSSR count). The molecule has 74 valence electrons. The molecule has 0 aliphatic rings. The molecule has 2 N–H and O–H groups in total. The van der Waals surface area contributed by atoms with Crippen molar-refractivity contribution >= 4 is 0 Å². The molecule has 0 unspecified atom stereocenters. The third-order valence-corrected chi connectivity index (χ3v) is 1.47. The molecule has 1 aromatic heterocycles. The van der Waals surface area contributed by atoms with Gasteiger partial charge in [-0.2, -0.15) is 13.2 Å². The Balaban J connectivity index is 2.95. The lowest BCUT2D eigenvalue weighted by atomic mass is 10.4. The first kappa shape index (κ1) is 9.97. The lowest BCUT2D eigenvalue weighted by Crippen LogP contribution is -2.08. The highest BCUT2D eigenvalue weighted by Gasteiger charge is 2.36. The van der Waals surface area contributed by atoms with E-state index in [1.54, 1.807) is 0 Å². The van der Waals surface area contributed by atoms with Crippen LogP contribution in [0.3, 0.4) is 0 Å². The van der Waals surface area contributed by atoms with Crippen LogP contribution in [0, 0.1) is 0 Å². The van der Waals surface area contributed by atoms with Crippen molar-refractivity contribution in [3.8, 4) is 0 Å². The fraction of sp³-hybridized carbons (Fsp3) is 0.667. The van der Waals surface area contributed by atoms with Crippen LogP contribution in [0.4, 0.5) is 13.2 Å². The first-order chi connectivity index (χ1) is 5.95. The standard InChI is InChI=1S/C6H9F3N4/c1-13-4(2-3-10)11-5(12-13)6(7,8)9/h2-3,10H2,1H3. The van der Waals surface area contributed by atoms with E-state index >= 15 is 0 Å². The molecule has 0 atom stereocenters. The van der Waals surface area contributed by atoms with Gasteiger partial charge in [-0.25, -0.2) is 4.98 Å². The van der Waals surface area contributed by atoms with E-state index in [0.29, 0.717) is 6.42 Å². The van der Waals surface area contributed by atoms with Gasteiger partial charge in [0, 0.05) is 13.5 Å². The van der Waals surface area contributed by atoms with Crippen molar-refractivity contribution in [3.05, 3.63) is 11.6 Å². The third-order valence-electron chi connectivity index (χ3n) is 1.47. The van der Waals surface area contributed by atoms with Gasteiger partial charge in [-0.15, -0.1) is 5.10 Å². The van der Waals surface area contributed by atoms with Gasteiger partial charge < -0.3 is 5.73 Å². The maximum Gasteiger partial charge on any atom is 0.453 e. The third kappa shape index (κ3) is 2.18. The SMILES string of the molecule is Cn1nc(C(F)(F)F)nc1CCN. The highest BCUT2D eigenvalue weighted by molar-refractivity contribution is 4.96. The number of rotatable bonds is 2. The number of alkyl halides is 3. The average Bonchev–Trinajstić information content (AvgIpc) is 2.32. The Hall–Kier alpha value is -1.11. The summed E-state index contributed by atoms with van der Waals surface area (Å²) in [6.45, 7) is 0.254. The molecule has 0 aliphatic heterocycles. The maximum atomic E-state index is 12.1. The van der Waals surface area contributed by atoms with Crippen LogP contribution < -0.4 is 5.73 Å². The molecule has 1 aromatic rings. The molecule has 1 heterocycles. The molecule has 7 heteroatoms. The highest BCUT2D eigenvalue weighted by atomic mass is 19.4. The molecule has 0 fully saturated rings. The quantitative estimate of drug-likeness (QED) is 0.738. The van der Waals surface area contributed by atoms with Gasteiger partial charge in [0.15, 0.2) is 0 Å². The Kier molecular flexibility index (Phi) is 2.55. The van der Waals surface area contributed by atoms with E-state index in [2.05, 4.69) is 10.1 Å². The lowest BCUT2D eigenvalue weighted by molar-refractivity contribution is -0.145. The van der Waals surface area contributed by atoms with E-state index in [1.165, 1.54) is 7.05 Å². The van der Waals surface area contributed by atoms with Gasteiger partial charge in [-0.1, -0.05) is 0 Å². The number of hydrogen-bond donors (Lipinski definition) is 1. The predicted molar refractivity (Wildman–Crippen MR) is 38.8 cm³/mol. The van der Waals surface area contributed by atoms with E-state index in [1.807, 2.05) is 0 Å². The first-order valence-electron chi connectivity index (χ1n) is 3.62. The number of nitrogens with zero attached hydrogens (tertiary/aromatic N) is 3. The number of hydrogen-bond acceptors (Lipinski definition) is 3. The van der Waals surface area contributed by atoms with Crippen molar-refractivity contribution in [3.63, 3.8) is 0 Å². The van der Waals surface area contributed by atoms with E-state index in [9.17, 15) is 13.2 Å². The lowest BCUT2D eigenvalue weighted by Gasteiger charge is -1.97. The van der Waals surface area contributed by atoms with E-state index in [0.717, 1.165) is 4.68 Å². The van der Waals surface area contributed by atoms with Crippen LogP contribution in [-0.2, 0) is 19.6 Å². The van der Waals surface area contributed by atoms with Crippen LogP contribution in [-0.4, -0.2) is 21.3 Å². The average molecular weight is 194 g/mol. The predicted octanol–water partition coefficient (Wildman–Crippen LogP) is 0.335. The highest BCUT2D eigenvalue weighted by Crippen LogP contribution is 2.25. The van der Waals surface area contributed by atoms with E-state index in [-0.39, 0.29) is 12.4 Å². The summed E-state index contributed by atoms with van der Waals surface area (Å²) >= 11 is 0. The topological polar surface area (TPSA) is 56.7 Å². The molecule has 0 amide bonds. The van der Waals surface area contributed by atoms with Gasteiger partial charge in [0.05, 0.1) is 0 Å². The van der Waals surface area contributed by atoms with Crippen LogP contribution in [0.1, 0.15) is 11.6 Å². The largest absolute Gasteiger partial charge is 0.453 e. The monoisotopic (exact) mass is 194 g/mol. The van der Waals surface area contributed by atoms with Gasteiger partial charge >= 0.3 is 6.18 Å². The Morgan fingerprint density at radius 1 is 1.46 bits per heavy atom. The first-order valence-corrected chi connectivity index (χ1v) is 3.62. The zero-order chi connectivity index (χ0) is 10.1. The maximum absolute atomic E-state index is 12.1. The summed E-state index contributed by atoms with van der Waals surface area (Å²) in [6.07, 6.45) is -4.19. The zero-order valence-electron chi connectivity index (χ0n) is 6.97. The van der Waals surface area contributed by atoms with Crippen LogP contribution in [0.5, 0.6) is 0 Å². The summed E-state index contributed by atoms with van der Waals surface area (Å²) in [7, 11) is 1.41. The molecule has 0 saturated carbocycles. The van der Waals surface area contributed by atoms with Crippen molar-refractivity contribution in [1.29, 1.82) is 0 Å². The minimum Gasteiger partial charge on any atom is -0.330 e. The van der Waals surface area contributed by atoms with Crippen LogP contribution in [0.25, 0.3) is 0 Å². The van der Waals surface area contributed by atoms with Crippen molar-refractivity contribution in [2.45, 2.75) is 12.6 Å². The number of aryl methyl sites for hydroxylation is 1. The van der Waals surface area contributed by atoms with Crippen LogP contribution in [0.15, 0.2) is 0 Å². The summed E-state index contributed by atoms with van der Waals surface area (Å²) in [5.74, 6) is -0.867. The Labute approximate surface area is 72.6 Å². The van der Waals surface area contributed by atoms with Crippen molar-refractivity contribution in [2.24, 2.45) is 12.8 Å². The Morgan fingerprint density at radius 3 is 2.46 bits per heavy atom. The molecule has 0 bridgehead atoms. The van der Waals surface area contributed by atoms with Gasteiger partial charge in [0.1, 0.15) is 5.82 Å². The molecule has 0 radical (unpaired) electrons. The molecular formula is C6H9F3N4. The second-order valence-electron chi connectivity index (χ2n) is 2.51. The van der Waals surface area contributed by atoms with Crippen molar-refractivity contribution in [2.75, 3.05) is 6.54 Å². The normalized spacial score (nSPS) is 12.1. The molecular weight excluding hydrogens is 185 g/mol. The van der Waals surface area contributed by atoms with Gasteiger partial charge in [0.2, 0.25) is 0 Å². The molecule has 0 aliphatic carbocycles. The summed E-state index contributed by atoms with van der Waals surface area (Å²) in [5.41, 5.74) is 5.19. The minimum absolute atomic E-state index is 0.245. The molecule has 0 saturated heterocycles. The van der Waals surface area contributed by atoms with Crippen molar-refractivity contribution in [1.82, 2.24) is 14.8 Å². The summed E-state index contributed by atoms with van der Waals surface area (Å²) < 4.78 is 37.2. The summed E-state index contributed by atoms with van der Waals surface area (Å²) in [4.78, 5) is 3.32. The fourth-order valence-electron chi connectivity index (χ4n) is 0.884. The second-order valence-corrected chi connectivity index (χ2v) is 2.51. The second kappa shape index (κ2) is 3.33. The smallest absolute Gasteiger partial charge is 0.330 e. The fourth-order valence-corrected chi connectivity index (χ4v) is 0.884. The Morgan fingerprint density at radius 2 is 2.08 bits per heavy atom. The summed E-state index contributed by atoms with van der Waals surface area (Å²) in [6, 6.07) is 0. The Bertz CT molecular complexity index is 291. The summed E-state index contributed by atoms with van der Waals surface area (Å²) in [5, 5.41) is 3.23. The van der Waals surface area contributed by atoms with Gasteiger partial charge in [-0.3, -0.25) is 4.68 Å². The van der Waals surface area contributed by atoms with Gasteiger partial charge in [0.25, 0.3) is 5.82 Å². The number of aromatic nitrogens is 3. The zero-order valence-corrected chi connectivity index (χ0v) is 6.97. The van der Waals surface area contributed by atoms with Gasteiger partial charge in [-0.05, 0) is 6.54 Å². The van der Waals surface area contributed by atoms with E-state index < -0.39 is 12.0 Å². The van der Waals surface area contributed by atoms with Crippen molar-refractivity contribution < 1.29 is 13.2 Å². The minimum atomic E-state index is -4.48. The molecule has 0 spiro atoms. The number of halogens is 3. The molecule has 13 heavy (non-hydrogen) atoms. The molecule has 4 nitrogen and oxygen atoms in total.